The SMILES string of the molecule is CCNCc1cc(COCCN(CC)CC)c(C)s1. The Morgan fingerprint density at radius 3 is 2.63 bits per heavy atom. The number of ether oxygens (including phenoxy) is 1. The van der Waals surface area contributed by atoms with E-state index in [0.29, 0.717) is 0 Å². The maximum atomic E-state index is 5.80. The van der Waals surface area contributed by atoms with E-state index in [1.54, 1.807) is 0 Å². The van der Waals surface area contributed by atoms with E-state index in [1.807, 2.05) is 11.3 Å². The van der Waals surface area contributed by atoms with Crippen molar-refractivity contribution in [3.05, 3.63) is 21.4 Å². The van der Waals surface area contributed by atoms with E-state index < -0.39 is 0 Å². The summed E-state index contributed by atoms with van der Waals surface area (Å²) in [7, 11) is 0. The Bertz CT molecular complexity index is 348. The van der Waals surface area contributed by atoms with Crippen LogP contribution < -0.4 is 5.32 Å². The molecule has 0 fully saturated rings. The fourth-order valence-electron chi connectivity index (χ4n) is 1.98. The van der Waals surface area contributed by atoms with Gasteiger partial charge in [-0.05, 0) is 38.2 Å². The van der Waals surface area contributed by atoms with E-state index in [9.17, 15) is 0 Å². The third-order valence-electron chi connectivity index (χ3n) is 3.32. The molecule has 0 saturated carbocycles. The zero-order valence-corrected chi connectivity index (χ0v) is 13.6. The minimum absolute atomic E-state index is 0.746. The molecule has 3 nitrogen and oxygen atoms in total. The first-order valence-electron chi connectivity index (χ1n) is 7.30. The highest BCUT2D eigenvalue weighted by atomic mass is 32.1. The normalized spacial score (nSPS) is 11.4. The number of rotatable bonds is 10. The molecule has 0 aliphatic heterocycles. The van der Waals surface area contributed by atoms with Gasteiger partial charge in [-0.2, -0.15) is 0 Å². The second-order valence-electron chi connectivity index (χ2n) is 4.65. The molecule has 0 aliphatic rings. The molecule has 19 heavy (non-hydrogen) atoms. The summed E-state index contributed by atoms with van der Waals surface area (Å²) < 4.78 is 5.80. The van der Waals surface area contributed by atoms with Gasteiger partial charge in [-0.3, -0.25) is 0 Å². The standard InChI is InChI=1S/C15H28N2OS/c1-5-16-11-15-10-14(13(4)19-15)12-18-9-8-17(6-2)7-3/h10,16H,5-9,11-12H2,1-4H3. The molecule has 0 radical (unpaired) electrons. The highest BCUT2D eigenvalue weighted by molar-refractivity contribution is 7.12. The van der Waals surface area contributed by atoms with E-state index in [-0.39, 0.29) is 0 Å². The largest absolute Gasteiger partial charge is 0.375 e. The molecule has 0 aliphatic carbocycles. The van der Waals surface area contributed by atoms with Crippen molar-refractivity contribution in [2.75, 3.05) is 32.8 Å². The maximum Gasteiger partial charge on any atom is 0.0728 e. The van der Waals surface area contributed by atoms with Crippen molar-refractivity contribution >= 4 is 11.3 Å². The lowest BCUT2D eigenvalue weighted by molar-refractivity contribution is 0.0955. The first kappa shape index (κ1) is 16.6. The molecule has 1 rings (SSSR count). The summed E-state index contributed by atoms with van der Waals surface area (Å²) in [6, 6.07) is 2.28. The molecule has 0 spiro atoms. The lowest BCUT2D eigenvalue weighted by atomic mass is 10.2. The van der Waals surface area contributed by atoms with E-state index >= 15 is 0 Å². The van der Waals surface area contributed by atoms with Crippen molar-refractivity contribution in [2.45, 2.75) is 40.8 Å². The van der Waals surface area contributed by atoms with Crippen molar-refractivity contribution < 1.29 is 4.74 Å². The van der Waals surface area contributed by atoms with Crippen LogP contribution in [-0.4, -0.2) is 37.7 Å². The van der Waals surface area contributed by atoms with Crippen LogP contribution in [0.15, 0.2) is 6.07 Å². The fraction of sp³-hybridized carbons (Fsp3) is 0.733. The maximum absolute atomic E-state index is 5.80. The van der Waals surface area contributed by atoms with Gasteiger partial charge in [0.15, 0.2) is 0 Å². The van der Waals surface area contributed by atoms with Gasteiger partial charge in [0.2, 0.25) is 0 Å². The molecular weight excluding hydrogens is 256 g/mol. The van der Waals surface area contributed by atoms with Gasteiger partial charge in [0.1, 0.15) is 0 Å². The summed E-state index contributed by atoms with van der Waals surface area (Å²) in [5.74, 6) is 0. The van der Waals surface area contributed by atoms with Crippen molar-refractivity contribution in [3.8, 4) is 0 Å². The summed E-state index contributed by atoms with van der Waals surface area (Å²) in [5, 5.41) is 3.37. The number of aryl methyl sites for hydroxylation is 1. The van der Waals surface area contributed by atoms with Crippen LogP contribution in [-0.2, 0) is 17.9 Å². The van der Waals surface area contributed by atoms with Gasteiger partial charge >= 0.3 is 0 Å². The molecule has 0 aromatic carbocycles. The first-order valence-corrected chi connectivity index (χ1v) is 8.11. The molecule has 4 heteroatoms. The average molecular weight is 284 g/mol. The minimum atomic E-state index is 0.746. The highest BCUT2D eigenvalue weighted by Crippen LogP contribution is 2.22. The summed E-state index contributed by atoms with van der Waals surface area (Å²) in [6.45, 7) is 15.5. The van der Waals surface area contributed by atoms with Gasteiger partial charge in [-0.25, -0.2) is 0 Å². The van der Waals surface area contributed by atoms with Crippen LogP contribution in [0.5, 0.6) is 0 Å². The highest BCUT2D eigenvalue weighted by Gasteiger charge is 2.06. The van der Waals surface area contributed by atoms with E-state index in [4.69, 9.17) is 4.74 Å². The van der Waals surface area contributed by atoms with Crippen molar-refractivity contribution in [1.82, 2.24) is 10.2 Å². The van der Waals surface area contributed by atoms with Gasteiger partial charge in [0.25, 0.3) is 0 Å². The topological polar surface area (TPSA) is 24.5 Å². The average Bonchev–Trinajstić information content (AvgIpc) is 2.77. The van der Waals surface area contributed by atoms with Gasteiger partial charge in [0, 0.05) is 22.8 Å². The smallest absolute Gasteiger partial charge is 0.0728 e. The van der Waals surface area contributed by atoms with Crippen LogP contribution in [0.3, 0.4) is 0 Å². The zero-order chi connectivity index (χ0) is 14.1. The number of thiophene rings is 1. The van der Waals surface area contributed by atoms with Crippen molar-refractivity contribution in [3.63, 3.8) is 0 Å². The van der Waals surface area contributed by atoms with E-state index in [2.05, 4.69) is 44.0 Å². The molecule has 0 amide bonds. The quantitative estimate of drug-likeness (QED) is 0.668. The summed E-state index contributed by atoms with van der Waals surface area (Å²) in [5.41, 5.74) is 1.34. The summed E-state index contributed by atoms with van der Waals surface area (Å²) >= 11 is 1.87. The molecule has 0 atom stereocenters. The van der Waals surface area contributed by atoms with Crippen molar-refractivity contribution in [2.24, 2.45) is 0 Å². The number of hydrogen-bond acceptors (Lipinski definition) is 4. The van der Waals surface area contributed by atoms with Crippen LogP contribution in [0, 0.1) is 6.92 Å². The molecule has 0 unspecified atom stereocenters. The van der Waals surface area contributed by atoms with Crippen LogP contribution in [0.2, 0.25) is 0 Å². The third-order valence-corrected chi connectivity index (χ3v) is 4.42. The first-order chi connectivity index (χ1) is 9.21. The number of nitrogens with zero attached hydrogens (tertiary/aromatic N) is 1. The summed E-state index contributed by atoms with van der Waals surface area (Å²) in [4.78, 5) is 5.18. The molecule has 1 aromatic rings. The number of likely N-dealkylation sites (N-methyl/N-ethyl adjacent to an activating group) is 1. The number of nitrogens with one attached hydrogen (secondary N) is 1. The van der Waals surface area contributed by atoms with Gasteiger partial charge in [-0.15, -0.1) is 11.3 Å². The Balaban J connectivity index is 2.30. The van der Waals surface area contributed by atoms with Crippen LogP contribution in [0.25, 0.3) is 0 Å². The Morgan fingerprint density at radius 1 is 1.26 bits per heavy atom. The van der Waals surface area contributed by atoms with Crippen molar-refractivity contribution in [1.29, 1.82) is 0 Å². The Labute approximate surface area is 122 Å². The van der Waals surface area contributed by atoms with Crippen LogP contribution >= 0.6 is 11.3 Å². The second-order valence-corrected chi connectivity index (χ2v) is 5.99. The fourth-order valence-corrected chi connectivity index (χ4v) is 3.00. The van der Waals surface area contributed by atoms with Gasteiger partial charge < -0.3 is 15.0 Å². The van der Waals surface area contributed by atoms with Crippen LogP contribution in [0.1, 0.15) is 36.1 Å². The molecule has 0 saturated heterocycles. The number of hydrogen-bond donors (Lipinski definition) is 1. The molecule has 1 N–H and O–H groups in total. The molecule has 0 bridgehead atoms. The lowest BCUT2D eigenvalue weighted by Crippen LogP contribution is -2.26. The van der Waals surface area contributed by atoms with Crippen LogP contribution in [0.4, 0.5) is 0 Å². The van der Waals surface area contributed by atoms with E-state index in [1.165, 1.54) is 15.3 Å². The molecule has 1 heterocycles. The molecular formula is C15H28N2OS. The third kappa shape index (κ3) is 6.04. The predicted octanol–water partition coefficient (Wildman–Crippen LogP) is 3.02. The Hall–Kier alpha value is -0.420. The second kappa shape index (κ2) is 9.48. The Morgan fingerprint density at radius 2 is 2.00 bits per heavy atom. The molecule has 1 aromatic heterocycles. The molecule has 110 valence electrons. The lowest BCUT2D eigenvalue weighted by Gasteiger charge is -2.17. The Kier molecular flexibility index (Phi) is 8.30. The van der Waals surface area contributed by atoms with E-state index in [0.717, 1.165) is 45.9 Å². The minimum Gasteiger partial charge on any atom is -0.375 e. The summed E-state index contributed by atoms with van der Waals surface area (Å²) in [6.07, 6.45) is 0. The zero-order valence-electron chi connectivity index (χ0n) is 12.8. The van der Waals surface area contributed by atoms with Gasteiger partial charge in [-0.1, -0.05) is 20.8 Å². The predicted molar refractivity (Wildman–Crippen MR) is 83.9 cm³/mol. The van der Waals surface area contributed by atoms with Gasteiger partial charge in [0.05, 0.1) is 13.2 Å². The monoisotopic (exact) mass is 284 g/mol.